The zero-order valence-corrected chi connectivity index (χ0v) is 12.7. The number of nitrogens with one attached hydrogen (secondary N) is 1. The molecule has 1 saturated heterocycles. The second-order valence-corrected chi connectivity index (χ2v) is 5.76. The van der Waals surface area contributed by atoms with Crippen LogP contribution < -0.4 is 4.90 Å². The second kappa shape index (κ2) is 5.72. The van der Waals surface area contributed by atoms with Crippen LogP contribution in [0.2, 0.25) is 0 Å². The number of carbonyl (C=O) groups excluding carboxylic acids is 1. The summed E-state index contributed by atoms with van der Waals surface area (Å²) in [6, 6.07) is 12.3. The highest BCUT2D eigenvalue weighted by atomic mass is 16.2. The number of benzene rings is 1. The minimum atomic E-state index is 0.217. The third-order valence-corrected chi connectivity index (χ3v) is 4.26. The van der Waals surface area contributed by atoms with Crippen molar-refractivity contribution in [2.24, 2.45) is 0 Å². The Labute approximate surface area is 134 Å². The first-order chi connectivity index (χ1) is 11.3. The van der Waals surface area contributed by atoms with Crippen LogP contribution in [0.25, 0.3) is 22.3 Å². The molecule has 0 aliphatic carbocycles. The molecule has 1 aliphatic rings. The standard InChI is InChI=1S/C19H17N3O/c23-19-2-1-9-22(19)18-5-3-14(4-6-18)16-10-17(13-21-12-16)15-7-8-20-11-15/h3-8,10-13,20H,1-2,9H2. The van der Waals surface area contributed by atoms with Crippen molar-refractivity contribution in [2.45, 2.75) is 12.8 Å². The molecule has 0 unspecified atom stereocenters. The van der Waals surface area contributed by atoms with Gasteiger partial charge in [0, 0.05) is 60.1 Å². The maximum Gasteiger partial charge on any atom is 0.227 e. The third kappa shape index (κ3) is 2.63. The molecule has 1 aliphatic heterocycles. The first kappa shape index (κ1) is 13.8. The van der Waals surface area contributed by atoms with Crippen LogP contribution in [0.3, 0.4) is 0 Å². The Morgan fingerprint density at radius 3 is 2.39 bits per heavy atom. The topological polar surface area (TPSA) is 49.0 Å². The van der Waals surface area contributed by atoms with Gasteiger partial charge in [0.2, 0.25) is 5.91 Å². The predicted molar refractivity (Wildman–Crippen MR) is 91.0 cm³/mol. The lowest BCUT2D eigenvalue weighted by Gasteiger charge is -2.16. The number of nitrogens with zero attached hydrogens (tertiary/aromatic N) is 2. The van der Waals surface area contributed by atoms with Gasteiger partial charge in [0.25, 0.3) is 0 Å². The van der Waals surface area contributed by atoms with Crippen LogP contribution in [-0.4, -0.2) is 22.4 Å². The zero-order valence-electron chi connectivity index (χ0n) is 12.7. The number of H-pyrrole nitrogens is 1. The smallest absolute Gasteiger partial charge is 0.227 e. The van der Waals surface area contributed by atoms with Crippen LogP contribution in [0.4, 0.5) is 5.69 Å². The molecular weight excluding hydrogens is 286 g/mol. The fourth-order valence-electron chi connectivity index (χ4n) is 3.01. The lowest BCUT2D eigenvalue weighted by atomic mass is 10.0. The summed E-state index contributed by atoms with van der Waals surface area (Å²) < 4.78 is 0. The van der Waals surface area contributed by atoms with E-state index in [0.29, 0.717) is 6.42 Å². The molecule has 0 atom stereocenters. The van der Waals surface area contributed by atoms with E-state index in [1.807, 2.05) is 47.9 Å². The fourth-order valence-corrected chi connectivity index (χ4v) is 3.01. The number of pyridine rings is 1. The maximum absolute atomic E-state index is 11.8. The van der Waals surface area contributed by atoms with Crippen molar-refractivity contribution in [3.63, 3.8) is 0 Å². The number of aromatic nitrogens is 2. The Bertz CT molecular complexity index is 822. The quantitative estimate of drug-likeness (QED) is 0.798. The first-order valence-corrected chi connectivity index (χ1v) is 7.80. The Hall–Kier alpha value is -2.88. The van der Waals surface area contributed by atoms with Crippen molar-refractivity contribution in [3.05, 3.63) is 61.2 Å². The average molecular weight is 303 g/mol. The summed E-state index contributed by atoms with van der Waals surface area (Å²) in [5.41, 5.74) is 5.36. The number of rotatable bonds is 3. The molecule has 4 rings (SSSR count). The van der Waals surface area contributed by atoms with Gasteiger partial charge in [-0.05, 0) is 36.2 Å². The molecule has 4 nitrogen and oxygen atoms in total. The van der Waals surface area contributed by atoms with Gasteiger partial charge in [-0.1, -0.05) is 12.1 Å². The van der Waals surface area contributed by atoms with Crippen LogP contribution in [0, 0.1) is 0 Å². The van der Waals surface area contributed by atoms with Crippen molar-refractivity contribution in [2.75, 3.05) is 11.4 Å². The number of hydrogen-bond donors (Lipinski definition) is 1. The van der Waals surface area contributed by atoms with E-state index in [-0.39, 0.29) is 5.91 Å². The van der Waals surface area contributed by atoms with Gasteiger partial charge in [-0.25, -0.2) is 0 Å². The molecule has 0 bridgehead atoms. The van der Waals surface area contributed by atoms with Crippen molar-refractivity contribution in [3.8, 4) is 22.3 Å². The molecule has 114 valence electrons. The van der Waals surface area contributed by atoms with Gasteiger partial charge in [-0.2, -0.15) is 0 Å². The number of aromatic amines is 1. The zero-order chi connectivity index (χ0) is 15.6. The minimum absolute atomic E-state index is 0.217. The first-order valence-electron chi connectivity index (χ1n) is 7.80. The molecule has 0 radical (unpaired) electrons. The van der Waals surface area contributed by atoms with E-state index in [1.54, 1.807) is 0 Å². The van der Waals surface area contributed by atoms with Gasteiger partial charge in [0.05, 0.1) is 0 Å². The highest BCUT2D eigenvalue weighted by molar-refractivity contribution is 5.95. The van der Waals surface area contributed by atoms with Crippen LogP contribution in [0.15, 0.2) is 61.2 Å². The Balaban J connectivity index is 1.63. The number of hydrogen-bond acceptors (Lipinski definition) is 2. The van der Waals surface area contributed by atoms with Gasteiger partial charge >= 0.3 is 0 Å². The summed E-state index contributed by atoms with van der Waals surface area (Å²) in [5, 5.41) is 0. The van der Waals surface area contributed by atoms with Gasteiger partial charge in [-0.3, -0.25) is 9.78 Å². The summed E-state index contributed by atoms with van der Waals surface area (Å²) in [4.78, 5) is 21.1. The summed E-state index contributed by atoms with van der Waals surface area (Å²) in [5.74, 6) is 0.217. The van der Waals surface area contributed by atoms with Crippen molar-refractivity contribution in [1.82, 2.24) is 9.97 Å². The highest BCUT2D eigenvalue weighted by Crippen LogP contribution is 2.28. The predicted octanol–water partition coefficient (Wildman–Crippen LogP) is 3.87. The molecule has 1 aromatic carbocycles. The SMILES string of the molecule is O=C1CCCN1c1ccc(-c2cncc(-c3cc[nH]c3)c2)cc1. The van der Waals surface area contributed by atoms with E-state index in [2.05, 4.69) is 28.2 Å². The molecule has 1 amide bonds. The highest BCUT2D eigenvalue weighted by Gasteiger charge is 2.21. The minimum Gasteiger partial charge on any atom is -0.367 e. The fraction of sp³-hybridized carbons (Fsp3) is 0.158. The van der Waals surface area contributed by atoms with Crippen LogP contribution >= 0.6 is 0 Å². The lowest BCUT2D eigenvalue weighted by Crippen LogP contribution is -2.23. The Kier molecular flexibility index (Phi) is 3.42. The molecule has 4 heteroatoms. The van der Waals surface area contributed by atoms with Gasteiger partial charge in [0.1, 0.15) is 0 Å². The third-order valence-electron chi connectivity index (χ3n) is 4.26. The maximum atomic E-state index is 11.8. The van der Waals surface area contributed by atoms with Crippen LogP contribution in [0.1, 0.15) is 12.8 Å². The van der Waals surface area contributed by atoms with Crippen molar-refractivity contribution >= 4 is 11.6 Å². The van der Waals surface area contributed by atoms with Gasteiger partial charge in [0.15, 0.2) is 0 Å². The number of anilines is 1. The molecule has 2 aromatic heterocycles. The molecule has 1 fully saturated rings. The molecule has 23 heavy (non-hydrogen) atoms. The summed E-state index contributed by atoms with van der Waals surface area (Å²) >= 11 is 0. The largest absolute Gasteiger partial charge is 0.367 e. The molecule has 3 heterocycles. The Morgan fingerprint density at radius 2 is 1.74 bits per heavy atom. The van der Waals surface area contributed by atoms with Crippen molar-refractivity contribution in [1.29, 1.82) is 0 Å². The van der Waals surface area contributed by atoms with E-state index in [1.165, 1.54) is 0 Å². The van der Waals surface area contributed by atoms with Crippen LogP contribution in [0.5, 0.6) is 0 Å². The molecule has 0 spiro atoms. The summed E-state index contributed by atoms with van der Waals surface area (Å²) in [6.07, 6.45) is 9.20. The number of carbonyl (C=O) groups is 1. The van der Waals surface area contributed by atoms with Gasteiger partial charge < -0.3 is 9.88 Å². The van der Waals surface area contributed by atoms with E-state index < -0.39 is 0 Å². The van der Waals surface area contributed by atoms with Crippen molar-refractivity contribution < 1.29 is 4.79 Å². The number of amides is 1. The second-order valence-electron chi connectivity index (χ2n) is 5.76. The van der Waals surface area contributed by atoms with Gasteiger partial charge in [-0.15, -0.1) is 0 Å². The monoisotopic (exact) mass is 303 g/mol. The molecule has 1 N–H and O–H groups in total. The average Bonchev–Trinajstić information content (AvgIpc) is 3.27. The van der Waals surface area contributed by atoms with E-state index in [4.69, 9.17) is 0 Å². The molecule has 0 saturated carbocycles. The van der Waals surface area contributed by atoms with Crippen LogP contribution in [-0.2, 0) is 4.79 Å². The van der Waals surface area contributed by atoms with E-state index >= 15 is 0 Å². The Morgan fingerprint density at radius 1 is 0.957 bits per heavy atom. The molecule has 3 aromatic rings. The normalized spacial score (nSPS) is 14.4. The summed E-state index contributed by atoms with van der Waals surface area (Å²) in [7, 11) is 0. The van der Waals surface area contributed by atoms with E-state index in [9.17, 15) is 4.79 Å². The van der Waals surface area contributed by atoms with E-state index in [0.717, 1.165) is 40.9 Å². The lowest BCUT2D eigenvalue weighted by molar-refractivity contribution is -0.117. The molecular formula is C19H17N3O. The summed E-state index contributed by atoms with van der Waals surface area (Å²) in [6.45, 7) is 0.822.